The van der Waals surface area contributed by atoms with Crippen molar-refractivity contribution in [3.8, 4) is 17.0 Å². The number of hydrogen-bond acceptors (Lipinski definition) is 5. The lowest BCUT2D eigenvalue weighted by molar-refractivity contribution is 0.0310. The summed E-state index contributed by atoms with van der Waals surface area (Å²) in [7, 11) is -3.33. The van der Waals surface area contributed by atoms with Crippen molar-refractivity contribution in [3.05, 3.63) is 66.1 Å². The fourth-order valence-electron chi connectivity index (χ4n) is 4.20. The zero-order valence-corrected chi connectivity index (χ0v) is 15.4. The number of benzene rings is 2. The summed E-state index contributed by atoms with van der Waals surface area (Å²) < 4.78 is 31.6. The van der Waals surface area contributed by atoms with Crippen LogP contribution in [0.5, 0.6) is 5.75 Å². The van der Waals surface area contributed by atoms with Gasteiger partial charge in [0.25, 0.3) is 0 Å². The molecule has 1 aromatic heterocycles. The quantitative estimate of drug-likeness (QED) is 0.737. The second-order valence-electron chi connectivity index (χ2n) is 7.11. The van der Waals surface area contributed by atoms with Crippen LogP contribution in [0.1, 0.15) is 23.3 Å². The van der Waals surface area contributed by atoms with Crippen LogP contribution >= 0.6 is 0 Å². The van der Waals surface area contributed by atoms with Crippen LogP contribution in [-0.2, 0) is 9.84 Å². The highest BCUT2D eigenvalue weighted by atomic mass is 32.2. The SMILES string of the molecule is CS(=O)(=O)c1ccc2c(c1)OC[C@H]([C@@H]1c3ccccc3-c3cncn31)[C@H]2O. The van der Waals surface area contributed by atoms with E-state index in [2.05, 4.69) is 21.7 Å². The molecule has 0 saturated heterocycles. The fourth-order valence-corrected chi connectivity index (χ4v) is 4.83. The largest absolute Gasteiger partial charge is 0.493 e. The van der Waals surface area contributed by atoms with Crippen LogP contribution < -0.4 is 4.74 Å². The highest BCUT2D eigenvalue weighted by Crippen LogP contribution is 2.49. The number of rotatable bonds is 2. The van der Waals surface area contributed by atoms with Crippen LogP contribution in [0, 0.1) is 5.92 Å². The first-order valence-corrected chi connectivity index (χ1v) is 10.6. The summed E-state index contributed by atoms with van der Waals surface area (Å²) in [6, 6.07) is 12.7. The van der Waals surface area contributed by atoms with Gasteiger partial charge in [-0.15, -0.1) is 0 Å². The van der Waals surface area contributed by atoms with E-state index in [4.69, 9.17) is 4.74 Å². The molecule has 0 spiro atoms. The van der Waals surface area contributed by atoms with Crippen molar-refractivity contribution in [2.45, 2.75) is 17.0 Å². The minimum Gasteiger partial charge on any atom is -0.493 e. The van der Waals surface area contributed by atoms with Crippen molar-refractivity contribution in [3.63, 3.8) is 0 Å². The maximum Gasteiger partial charge on any atom is 0.175 e. The van der Waals surface area contributed by atoms with E-state index >= 15 is 0 Å². The molecule has 3 atom stereocenters. The van der Waals surface area contributed by atoms with Gasteiger partial charge in [0.1, 0.15) is 5.75 Å². The first kappa shape index (κ1) is 16.5. The molecule has 138 valence electrons. The van der Waals surface area contributed by atoms with Gasteiger partial charge in [-0.05, 0) is 17.7 Å². The Kier molecular flexibility index (Phi) is 3.47. The number of fused-ring (bicyclic) bond motifs is 4. The highest BCUT2D eigenvalue weighted by molar-refractivity contribution is 7.90. The normalized spacial score (nSPS) is 23.3. The molecule has 0 unspecified atom stereocenters. The summed E-state index contributed by atoms with van der Waals surface area (Å²) in [6.45, 7) is 0.290. The van der Waals surface area contributed by atoms with Gasteiger partial charge in [0.2, 0.25) is 0 Å². The lowest BCUT2D eigenvalue weighted by Gasteiger charge is -2.35. The smallest absolute Gasteiger partial charge is 0.175 e. The van der Waals surface area contributed by atoms with Crippen LogP contribution in [0.4, 0.5) is 0 Å². The predicted octanol–water partition coefficient (Wildman–Crippen LogP) is 2.60. The van der Waals surface area contributed by atoms with E-state index in [-0.39, 0.29) is 23.5 Å². The number of hydrogen-bond donors (Lipinski definition) is 1. The topological polar surface area (TPSA) is 81.4 Å². The van der Waals surface area contributed by atoms with Crippen molar-refractivity contribution >= 4 is 9.84 Å². The third kappa shape index (κ3) is 2.42. The lowest BCUT2D eigenvalue weighted by atomic mass is 9.84. The van der Waals surface area contributed by atoms with E-state index in [0.717, 1.165) is 23.1 Å². The molecule has 6 nitrogen and oxygen atoms in total. The number of aliphatic hydroxyl groups excluding tert-OH is 1. The molecule has 0 saturated carbocycles. The molecular formula is C20H18N2O4S. The Morgan fingerprint density at radius 2 is 2.00 bits per heavy atom. The third-order valence-corrected chi connectivity index (χ3v) is 6.61. The summed E-state index contributed by atoms with van der Waals surface area (Å²) in [5.74, 6) is 0.219. The third-order valence-electron chi connectivity index (χ3n) is 5.50. The predicted molar refractivity (Wildman–Crippen MR) is 99.3 cm³/mol. The Morgan fingerprint density at radius 1 is 1.19 bits per heavy atom. The van der Waals surface area contributed by atoms with Crippen LogP contribution in [0.25, 0.3) is 11.3 Å². The lowest BCUT2D eigenvalue weighted by Crippen LogP contribution is -2.33. The summed E-state index contributed by atoms with van der Waals surface area (Å²) in [6.07, 6.45) is 4.01. The Labute approximate surface area is 157 Å². The molecule has 2 aliphatic heterocycles. The number of sulfone groups is 1. The zero-order valence-electron chi connectivity index (χ0n) is 14.6. The minimum absolute atomic E-state index is 0.0866. The average molecular weight is 382 g/mol. The van der Waals surface area contributed by atoms with Crippen molar-refractivity contribution < 1.29 is 18.3 Å². The van der Waals surface area contributed by atoms with E-state index in [1.807, 2.05) is 18.3 Å². The Morgan fingerprint density at radius 3 is 2.81 bits per heavy atom. The van der Waals surface area contributed by atoms with Crippen LogP contribution in [0.2, 0.25) is 0 Å². The molecule has 0 radical (unpaired) electrons. The van der Waals surface area contributed by atoms with Crippen molar-refractivity contribution in [1.29, 1.82) is 0 Å². The van der Waals surface area contributed by atoms with Crippen molar-refractivity contribution in [2.75, 3.05) is 12.9 Å². The molecule has 3 aromatic rings. The van der Waals surface area contributed by atoms with Gasteiger partial charge in [0.05, 0.1) is 41.9 Å². The van der Waals surface area contributed by atoms with E-state index in [1.54, 1.807) is 12.4 Å². The van der Waals surface area contributed by atoms with E-state index < -0.39 is 15.9 Å². The van der Waals surface area contributed by atoms with Crippen LogP contribution in [-0.4, -0.2) is 35.9 Å². The first-order valence-electron chi connectivity index (χ1n) is 8.71. The molecule has 3 heterocycles. The molecule has 2 aliphatic rings. The standard InChI is InChI=1S/C20H18N2O4S/c1-27(24,25)12-6-7-15-18(8-12)26-10-16(20(15)23)19-14-5-3-2-4-13(14)17-9-21-11-22(17)19/h2-9,11,16,19-20,23H,10H2,1H3/t16-,19+,20+/m1/s1. The molecule has 0 amide bonds. The van der Waals surface area contributed by atoms with Gasteiger partial charge in [-0.2, -0.15) is 0 Å². The number of nitrogens with zero attached hydrogens (tertiary/aromatic N) is 2. The van der Waals surface area contributed by atoms with Gasteiger partial charge in [0.15, 0.2) is 9.84 Å². The van der Waals surface area contributed by atoms with Gasteiger partial charge in [-0.3, -0.25) is 0 Å². The van der Waals surface area contributed by atoms with Gasteiger partial charge in [0, 0.05) is 23.3 Å². The second-order valence-corrected chi connectivity index (χ2v) is 9.13. The van der Waals surface area contributed by atoms with Crippen LogP contribution in [0.15, 0.2) is 59.9 Å². The molecule has 27 heavy (non-hydrogen) atoms. The highest BCUT2D eigenvalue weighted by Gasteiger charge is 2.41. The Hall–Kier alpha value is -2.64. The van der Waals surface area contributed by atoms with E-state index in [9.17, 15) is 13.5 Å². The molecule has 2 aromatic carbocycles. The molecule has 1 N–H and O–H groups in total. The second kappa shape index (κ2) is 5.68. The van der Waals surface area contributed by atoms with Crippen LogP contribution in [0.3, 0.4) is 0 Å². The maximum absolute atomic E-state index is 11.8. The molecular weight excluding hydrogens is 364 g/mol. The molecule has 0 fully saturated rings. The van der Waals surface area contributed by atoms with Crippen molar-refractivity contribution in [1.82, 2.24) is 9.55 Å². The molecule has 0 bridgehead atoms. The number of aliphatic hydroxyl groups is 1. The van der Waals surface area contributed by atoms with Crippen molar-refractivity contribution in [2.24, 2.45) is 5.92 Å². The fraction of sp³-hybridized carbons (Fsp3) is 0.250. The average Bonchev–Trinajstić information content (AvgIpc) is 3.22. The van der Waals surface area contributed by atoms with Gasteiger partial charge < -0.3 is 14.4 Å². The van der Waals surface area contributed by atoms with E-state index in [0.29, 0.717) is 11.3 Å². The number of aromatic nitrogens is 2. The Balaban J connectivity index is 1.57. The zero-order chi connectivity index (χ0) is 18.8. The molecule has 5 rings (SSSR count). The molecule has 7 heteroatoms. The first-order chi connectivity index (χ1) is 12.9. The summed E-state index contributed by atoms with van der Waals surface area (Å²) in [4.78, 5) is 4.46. The number of ether oxygens (including phenoxy) is 1. The summed E-state index contributed by atoms with van der Waals surface area (Å²) >= 11 is 0. The van der Waals surface area contributed by atoms with Gasteiger partial charge >= 0.3 is 0 Å². The Bertz CT molecular complexity index is 1150. The van der Waals surface area contributed by atoms with E-state index in [1.165, 1.54) is 12.1 Å². The summed E-state index contributed by atoms with van der Waals surface area (Å²) in [5, 5.41) is 11.1. The minimum atomic E-state index is -3.33. The molecule has 0 aliphatic carbocycles. The van der Waals surface area contributed by atoms with Gasteiger partial charge in [-0.25, -0.2) is 13.4 Å². The monoisotopic (exact) mass is 382 g/mol. The maximum atomic E-state index is 11.8. The summed E-state index contributed by atoms with van der Waals surface area (Å²) in [5.41, 5.74) is 3.90. The number of imidazole rings is 1. The van der Waals surface area contributed by atoms with Gasteiger partial charge in [-0.1, -0.05) is 30.3 Å².